The van der Waals surface area contributed by atoms with Crippen LogP contribution in [0.15, 0.2) is 5.38 Å². The zero-order chi connectivity index (χ0) is 8.27. The average molecular weight is 170 g/mol. The molecule has 0 aliphatic rings. The van der Waals surface area contributed by atoms with Crippen LogP contribution in [0.2, 0.25) is 0 Å². The molecule has 2 nitrogen and oxygen atoms in total. The van der Waals surface area contributed by atoms with Crippen LogP contribution in [-0.2, 0) is 6.42 Å². The fourth-order valence-corrected chi connectivity index (χ4v) is 2.06. The van der Waals surface area contributed by atoms with Gasteiger partial charge in [0.05, 0.1) is 0 Å². The molecule has 0 aliphatic carbocycles. The number of rotatable bonds is 3. The van der Waals surface area contributed by atoms with Crippen LogP contribution in [0.5, 0.6) is 0 Å². The molecule has 3 heteroatoms. The average Bonchev–Trinajstić information content (AvgIpc) is 2.34. The lowest BCUT2D eigenvalue weighted by molar-refractivity contribution is 0.918. The first-order valence-corrected chi connectivity index (χ1v) is 4.71. The number of hydrogen-bond donors (Lipinski definition) is 2. The summed E-state index contributed by atoms with van der Waals surface area (Å²) in [6, 6.07) is 0. The molecule has 0 atom stereocenters. The Balaban J connectivity index is 2.88. The molecule has 0 bridgehead atoms. The lowest BCUT2D eigenvalue weighted by Crippen LogP contribution is -2.07. The topological polar surface area (TPSA) is 38.0 Å². The Morgan fingerprint density at radius 2 is 2.36 bits per heavy atom. The van der Waals surface area contributed by atoms with Crippen LogP contribution >= 0.6 is 11.3 Å². The molecule has 0 aromatic carbocycles. The summed E-state index contributed by atoms with van der Waals surface area (Å²) in [5.41, 5.74) is 5.45. The highest BCUT2D eigenvalue weighted by Gasteiger charge is 2.05. The molecule has 0 unspecified atom stereocenters. The van der Waals surface area contributed by atoms with Crippen molar-refractivity contribution in [1.82, 2.24) is 0 Å². The van der Waals surface area contributed by atoms with Gasteiger partial charge in [0.2, 0.25) is 0 Å². The Hall–Kier alpha value is -0.540. The number of hydrogen-bond acceptors (Lipinski definition) is 3. The molecular formula is C8H14N2S. The van der Waals surface area contributed by atoms with Gasteiger partial charge in [-0.3, -0.25) is 0 Å². The standard InChI is InChI=1S/C8H14N2S/c1-3-4-7-6(2)5-11-8(7)10-9/h5,10H,3-4,9H2,1-2H3. The Labute approximate surface area is 71.4 Å². The zero-order valence-corrected chi connectivity index (χ0v) is 7.79. The van der Waals surface area contributed by atoms with E-state index in [2.05, 4.69) is 24.7 Å². The molecule has 11 heavy (non-hydrogen) atoms. The first kappa shape index (κ1) is 8.56. The normalized spacial score (nSPS) is 10.1. The van der Waals surface area contributed by atoms with Gasteiger partial charge in [0, 0.05) is 0 Å². The number of nitrogens with two attached hydrogens (primary N) is 1. The van der Waals surface area contributed by atoms with Crippen LogP contribution in [0.4, 0.5) is 5.00 Å². The number of anilines is 1. The van der Waals surface area contributed by atoms with Gasteiger partial charge in [-0.05, 0) is 29.9 Å². The maximum absolute atomic E-state index is 5.35. The molecule has 0 saturated carbocycles. The van der Waals surface area contributed by atoms with Gasteiger partial charge >= 0.3 is 0 Å². The van der Waals surface area contributed by atoms with Gasteiger partial charge < -0.3 is 5.43 Å². The van der Waals surface area contributed by atoms with Crippen molar-refractivity contribution in [2.45, 2.75) is 26.7 Å². The summed E-state index contributed by atoms with van der Waals surface area (Å²) in [6.07, 6.45) is 2.29. The van der Waals surface area contributed by atoms with Crippen LogP contribution in [0, 0.1) is 6.92 Å². The van der Waals surface area contributed by atoms with Crippen molar-refractivity contribution in [1.29, 1.82) is 0 Å². The Morgan fingerprint density at radius 1 is 1.64 bits per heavy atom. The monoisotopic (exact) mass is 170 g/mol. The summed E-state index contributed by atoms with van der Waals surface area (Å²) in [5, 5.41) is 3.25. The van der Waals surface area contributed by atoms with Crippen molar-refractivity contribution in [3.05, 3.63) is 16.5 Å². The minimum absolute atomic E-state index is 1.12. The van der Waals surface area contributed by atoms with E-state index in [1.54, 1.807) is 11.3 Å². The second kappa shape index (κ2) is 3.74. The first-order chi connectivity index (χ1) is 5.29. The highest BCUT2D eigenvalue weighted by Crippen LogP contribution is 2.27. The largest absolute Gasteiger partial charge is 0.315 e. The van der Waals surface area contributed by atoms with E-state index in [9.17, 15) is 0 Å². The summed E-state index contributed by atoms with van der Waals surface area (Å²) in [5.74, 6) is 5.35. The SMILES string of the molecule is CCCc1c(C)csc1NN. The van der Waals surface area contributed by atoms with Crippen molar-refractivity contribution in [3.8, 4) is 0 Å². The van der Waals surface area contributed by atoms with Crippen LogP contribution in [0.25, 0.3) is 0 Å². The fraction of sp³-hybridized carbons (Fsp3) is 0.500. The van der Waals surface area contributed by atoms with Gasteiger partial charge in [-0.2, -0.15) is 0 Å². The van der Waals surface area contributed by atoms with E-state index < -0.39 is 0 Å². The molecule has 62 valence electrons. The van der Waals surface area contributed by atoms with Crippen molar-refractivity contribution in [3.63, 3.8) is 0 Å². The first-order valence-electron chi connectivity index (χ1n) is 3.83. The molecule has 0 radical (unpaired) electrons. The van der Waals surface area contributed by atoms with Crippen molar-refractivity contribution in [2.24, 2.45) is 5.84 Å². The summed E-state index contributed by atoms with van der Waals surface area (Å²) in [4.78, 5) is 0. The van der Waals surface area contributed by atoms with E-state index in [4.69, 9.17) is 5.84 Å². The van der Waals surface area contributed by atoms with Crippen molar-refractivity contribution in [2.75, 3.05) is 5.43 Å². The minimum Gasteiger partial charge on any atom is -0.315 e. The molecule has 0 amide bonds. The molecule has 1 heterocycles. The van der Waals surface area contributed by atoms with Gasteiger partial charge in [-0.25, -0.2) is 5.84 Å². The van der Waals surface area contributed by atoms with E-state index in [-0.39, 0.29) is 0 Å². The molecule has 1 aromatic rings. The molecule has 0 saturated heterocycles. The maximum Gasteiger partial charge on any atom is 0.106 e. The Morgan fingerprint density at radius 3 is 2.91 bits per heavy atom. The Bertz CT molecular complexity index is 230. The zero-order valence-electron chi connectivity index (χ0n) is 6.98. The highest BCUT2D eigenvalue weighted by atomic mass is 32.1. The maximum atomic E-state index is 5.35. The second-order valence-electron chi connectivity index (χ2n) is 2.62. The van der Waals surface area contributed by atoms with E-state index in [1.807, 2.05) is 0 Å². The number of hydrazine groups is 1. The second-order valence-corrected chi connectivity index (χ2v) is 3.50. The lowest BCUT2D eigenvalue weighted by Gasteiger charge is -2.01. The Kier molecular flexibility index (Phi) is 2.91. The minimum atomic E-state index is 1.12. The van der Waals surface area contributed by atoms with Crippen molar-refractivity contribution >= 4 is 16.3 Å². The number of aryl methyl sites for hydroxylation is 1. The van der Waals surface area contributed by atoms with Gasteiger partial charge in [-0.1, -0.05) is 13.3 Å². The summed E-state index contributed by atoms with van der Waals surface area (Å²) in [6.45, 7) is 4.31. The summed E-state index contributed by atoms with van der Waals surface area (Å²) < 4.78 is 0. The van der Waals surface area contributed by atoms with Crippen molar-refractivity contribution < 1.29 is 0 Å². The third-order valence-electron chi connectivity index (χ3n) is 1.73. The smallest absolute Gasteiger partial charge is 0.106 e. The van der Waals surface area contributed by atoms with Crippen LogP contribution in [0.3, 0.4) is 0 Å². The molecule has 3 N–H and O–H groups in total. The molecule has 0 fully saturated rings. The molecule has 0 spiro atoms. The van der Waals surface area contributed by atoms with E-state index in [0.717, 1.165) is 11.4 Å². The molecular weight excluding hydrogens is 156 g/mol. The van der Waals surface area contributed by atoms with Crippen LogP contribution in [0.1, 0.15) is 24.5 Å². The molecule has 0 aliphatic heterocycles. The van der Waals surface area contributed by atoms with E-state index >= 15 is 0 Å². The van der Waals surface area contributed by atoms with E-state index in [1.165, 1.54) is 17.5 Å². The predicted octanol–water partition coefficient (Wildman–Crippen LogP) is 2.29. The third kappa shape index (κ3) is 1.73. The highest BCUT2D eigenvalue weighted by molar-refractivity contribution is 7.14. The van der Waals surface area contributed by atoms with Gasteiger partial charge in [-0.15, -0.1) is 11.3 Å². The van der Waals surface area contributed by atoms with E-state index in [0.29, 0.717) is 0 Å². The summed E-state index contributed by atoms with van der Waals surface area (Å²) in [7, 11) is 0. The number of thiophene rings is 1. The molecule has 1 aromatic heterocycles. The van der Waals surface area contributed by atoms with Gasteiger partial charge in [0.15, 0.2) is 0 Å². The van der Waals surface area contributed by atoms with Crippen LogP contribution < -0.4 is 11.3 Å². The van der Waals surface area contributed by atoms with Crippen LogP contribution in [-0.4, -0.2) is 0 Å². The third-order valence-corrected chi connectivity index (χ3v) is 2.81. The summed E-state index contributed by atoms with van der Waals surface area (Å²) >= 11 is 1.68. The number of nitrogen functional groups attached to an aromatic ring is 1. The van der Waals surface area contributed by atoms with Gasteiger partial charge in [0.25, 0.3) is 0 Å². The fourth-order valence-electron chi connectivity index (χ4n) is 1.15. The predicted molar refractivity (Wildman–Crippen MR) is 50.9 cm³/mol. The van der Waals surface area contributed by atoms with Gasteiger partial charge in [0.1, 0.15) is 5.00 Å². The number of nitrogens with one attached hydrogen (secondary N) is 1. The quantitative estimate of drug-likeness (QED) is 0.539. The lowest BCUT2D eigenvalue weighted by atomic mass is 10.1. The molecule has 1 rings (SSSR count).